The van der Waals surface area contributed by atoms with Crippen LogP contribution in [0.1, 0.15) is 31.4 Å². The van der Waals surface area contributed by atoms with Crippen LogP contribution in [0.3, 0.4) is 0 Å². The van der Waals surface area contributed by atoms with Gasteiger partial charge < -0.3 is 10.0 Å². The lowest BCUT2D eigenvalue weighted by Crippen LogP contribution is -2.50. The number of nitrogens with zero attached hydrogens (tertiary/aromatic N) is 1. The summed E-state index contributed by atoms with van der Waals surface area (Å²) in [6, 6.07) is 6.99. The maximum Gasteiger partial charge on any atom is 0.326 e. The first-order valence-electron chi connectivity index (χ1n) is 6.64. The van der Waals surface area contributed by atoms with E-state index in [-0.39, 0.29) is 11.8 Å². The summed E-state index contributed by atoms with van der Waals surface area (Å²) in [5, 5.41) is 9.34. The Bertz CT molecular complexity index is 498. The number of fused-ring (bicyclic) bond motifs is 1. The fraction of sp³-hybridized carbons (Fsp3) is 0.467. The van der Waals surface area contributed by atoms with E-state index >= 15 is 0 Å². The van der Waals surface area contributed by atoms with Gasteiger partial charge in [0.15, 0.2) is 0 Å². The molecule has 1 amide bonds. The van der Waals surface area contributed by atoms with Gasteiger partial charge >= 0.3 is 5.97 Å². The van der Waals surface area contributed by atoms with Crippen LogP contribution in [0.4, 0.5) is 0 Å². The van der Waals surface area contributed by atoms with Crippen molar-refractivity contribution >= 4 is 11.9 Å². The van der Waals surface area contributed by atoms with Crippen molar-refractivity contribution in [2.75, 3.05) is 0 Å². The first-order valence-corrected chi connectivity index (χ1v) is 6.64. The largest absolute Gasteiger partial charge is 0.480 e. The molecule has 2 rings (SSSR count). The molecular weight excluding hydrogens is 242 g/mol. The van der Waals surface area contributed by atoms with Gasteiger partial charge in [-0.1, -0.05) is 38.1 Å². The minimum atomic E-state index is -0.925. The summed E-state index contributed by atoms with van der Waals surface area (Å²) in [7, 11) is 0. The van der Waals surface area contributed by atoms with Gasteiger partial charge in [0.2, 0.25) is 5.91 Å². The van der Waals surface area contributed by atoms with Crippen molar-refractivity contribution < 1.29 is 14.7 Å². The smallest absolute Gasteiger partial charge is 0.326 e. The highest BCUT2D eigenvalue weighted by molar-refractivity contribution is 5.85. The Hall–Kier alpha value is -1.84. The highest BCUT2D eigenvalue weighted by atomic mass is 16.4. The highest BCUT2D eigenvalue weighted by Gasteiger charge is 2.35. The highest BCUT2D eigenvalue weighted by Crippen LogP contribution is 2.25. The summed E-state index contributed by atoms with van der Waals surface area (Å²) in [4.78, 5) is 25.2. The van der Waals surface area contributed by atoms with E-state index in [0.717, 1.165) is 17.5 Å². The number of carbonyl (C=O) groups excluding carboxylic acids is 1. The van der Waals surface area contributed by atoms with Gasteiger partial charge in [-0.2, -0.15) is 0 Å². The number of aliphatic carboxylic acids is 1. The fourth-order valence-electron chi connectivity index (χ4n) is 2.43. The molecule has 0 fully saturated rings. The molecule has 0 aliphatic carbocycles. The SMILES string of the molecule is CC[C@H](C)C(=O)N1Cc2ccccc2C[C@@H]1C(=O)O. The average Bonchev–Trinajstić information content (AvgIpc) is 2.44. The second-order valence-corrected chi connectivity index (χ2v) is 5.10. The van der Waals surface area contributed by atoms with E-state index in [1.165, 1.54) is 4.90 Å². The van der Waals surface area contributed by atoms with Crippen LogP contribution in [0, 0.1) is 5.92 Å². The lowest BCUT2D eigenvalue weighted by atomic mass is 9.92. The van der Waals surface area contributed by atoms with Gasteiger partial charge in [0.1, 0.15) is 6.04 Å². The zero-order valence-corrected chi connectivity index (χ0v) is 11.3. The van der Waals surface area contributed by atoms with Crippen LogP contribution in [0.25, 0.3) is 0 Å². The fourth-order valence-corrected chi connectivity index (χ4v) is 2.43. The van der Waals surface area contributed by atoms with Crippen LogP contribution in [0.5, 0.6) is 0 Å². The van der Waals surface area contributed by atoms with Crippen molar-refractivity contribution in [2.24, 2.45) is 5.92 Å². The topological polar surface area (TPSA) is 57.6 Å². The summed E-state index contributed by atoms with van der Waals surface area (Å²) in [6.07, 6.45) is 1.12. The molecule has 2 atom stereocenters. The predicted molar refractivity (Wildman–Crippen MR) is 71.6 cm³/mol. The summed E-state index contributed by atoms with van der Waals surface area (Å²) in [5.41, 5.74) is 2.08. The van der Waals surface area contributed by atoms with E-state index in [2.05, 4.69) is 0 Å². The van der Waals surface area contributed by atoms with E-state index in [1.54, 1.807) is 0 Å². The van der Waals surface area contributed by atoms with Crippen molar-refractivity contribution in [3.05, 3.63) is 35.4 Å². The average molecular weight is 261 g/mol. The third-order valence-electron chi connectivity index (χ3n) is 3.85. The molecule has 1 aliphatic heterocycles. The molecule has 0 unspecified atom stereocenters. The van der Waals surface area contributed by atoms with E-state index < -0.39 is 12.0 Å². The third-order valence-corrected chi connectivity index (χ3v) is 3.85. The van der Waals surface area contributed by atoms with Crippen LogP contribution in [0.2, 0.25) is 0 Å². The lowest BCUT2D eigenvalue weighted by Gasteiger charge is -2.35. The Morgan fingerprint density at radius 2 is 2.00 bits per heavy atom. The number of benzene rings is 1. The first-order chi connectivity index (χ1) is 9.04. The van der Waals surface area contributed by atoms with E-state index in [0.29, 0.717) is 13.0 Å². The quantitative estimate of drug-likeness (QED) is 0.906. The second-order valence-electron chi connectivity index (χ2n) is 5.10. The van der Waals surface area contributed by atoms with Crippen molar-refractivity contribution in [1.29, 1.82) is 0 Å². The Morgan fingerprint density at radius 1 is 1.37 bits per heavy atom. The van der Waals surface area contributed by atoms with Crippen molar-refractivity contribution in [1.82, 2.24) is 4.90 Å². The minimum Gasteiger partial charge on any atom is -0.480 e. The number of carboxylic acids is 1. The van der Waals surface area contributed by atoms with Gasteiger partial charge in [0, 0.05) is 18.9 Å². The molecule has 0 saturated carbocycles. The molecule has 0 aromatic heterocycles. The van der Waals surface area contributed by atoms with Crippen LogP contribution >= 0.6 is 0 Å². The van der Waals surface area contributed by atoms with Gasteiger partial charge in [-0.05, 0) is 17.5 Å². The Balaban J connectivity index is 2.31. The van der Waals surface area contributed by atoms with Crippen molar-refractivity contribution in [2.45, 2.75) is 39.3 Å². The number of hydrogen-bond acceptors (Lipinski definition) is 2. The molecule has 1 aromatic carbocycles. The number of amides is 1. The van der Waals surface area contributed by atoms with E-state index in [9.17, 15) is 14.7 Å². The summed E-state index contributed by atoms with van der Waals surface area (Å²) < 4.78 is 0. The third kappa shape index (κ3) is 2.62. The molecule has 1 N–H and O–H groups in total. The van der Waals surface area contributed by atoms with Crippen molar-refractivity contribution in [3.8, 4) is 0 Å². The molecular formula is C15H19NO3. The zero-order valence-electron chi connectivity index (χ0n) is 11.3. The van der Waals surface area contributed by atoms with Gasteiger partial charge in [0.25, 0.3) is 0 Å². The Morgan fingerprint density at radius 3 is 2.58 bits per heavy atom. The van der Waals surface area contributed by atoms with Gasteiger partial charge in [-0.25, -0.2) is 4.79 Å². The summed E-state index contributed by atoms with van der Waals surface area (Å²) in [5.74, 6) is -1.12. The number of carbonyl (C=O) groups is 2. The minimum absolute atomic E-state index is 0.0654. The number of rotatable bonds is 3. The van der Waals surface area contributed by atoms with Gasteiger partial charge in [0.05, 0.1) is 0 Å². The monoisotopic (exact) mass is 261 g/mol. The van der Waals surface area contributed by atoms with Crippen LogP contribution in [-0.2, 0) is 22.6 Å². The zero-order chi connectivity index (χ0) is 14.0. The molecule has 0 saturated heterocycles. The van der Waals surface area contributed by atoms with Crippen LogP contribution in [0.15, 0.2) is 24.3 Å². The molecule has 4 nitrogen and oxygen atoms in total. The second kappa shape index (κ2) is 5.43. The Kier molecular flexibility index (Phi) is 3.88. The Labute approximate surface area is 113 Å². The maximum atomic E-state index is 12.3. The molecule has 0 spiro atoms. The molecule has 1 aliphatic rings. The number of carboxylic acid groups (broad SMARTS) is 1. The molecule has 0 radical (unpaired) electrons. The molecule has 1 aromatic rings. The predicted octanol–water partition coefficient (Wildman–Crippen LogP) is 2.07. The standard InChI is InChI=1S/C15H19NO3/c1-3-10(2)14(17)16-9-12-7-5-4-6-11(12)8-13(16)15(18)19/h4-7,10,13H,3,8-9H2,1-2H3,(H,18,19)/t10-,13+/m0/s1. The van der Waals surface area contributed by atoms with Crippen LogP contribution < -0.4 is 0 Å². The molecule has 4 heteroatoms. The lowest BCUT2D eigenvalue weighted by molar-refractivity contribution is -0.153. The molecule has 0 bridgehead atoms. The van der Waals surface area contributed by atoms with E-state index in [1.807, 2.05) is 38.1 Å². The molecule has 19 heavy (non-hydrogen) atoms. The normalized spacial score (nSPS) is 19.7. The molecule has 102 valence electrons. The maximum absolute atomic E-state index is 12.3. The first kappa shape index (κ1) is 13.6. The summed E-state index contributed by atoms with van der Waals surface area (Å²) >= 11 is 0. The van der Waals surface area contributed by atoms with Crippen LogP contribution in [-0.4, -0.2) is 27.9 Å². The van der Waals surface area contributed by atoms with Crippen molar-refractivity contribution in [3.63, 3.8) is 0 Å². The van der Waals surface area contributed by atoms with Gasteiger partial charge in [-0.15, -0.1) is 0 Å². The number of hydrogen-bond donors (Lipinski definition) is 1. The van der Waals surface area contributed by atoms with E-state index in [4.69, 9.17) is 0 Å². The summed E-state index contributed by atoms with van der Waals surface area (Å²) in [6.45, 7) is 4.19. The van der Waals surface area contributed by atoms with Gasteiger partial charge in [-0.3, -0.25) is 4.79 Å². The molecule has 1 heterocycles.